The monoisotopic (exact) mass is 220 g/mol. The fraction of sp³-hybridized carbons (Fsp3) is 0.286. The Balaban J connectivity index is 2.81. The van der Waals surface area contributed by atoms with Gasteiger partial charge >= 0.3 is 10.1 Å². The Kier molecular flexibility index (Phi) is 3.29. The Hall–Kier alpha value is -0.590. The van der Waals surface area contributed by atoms with Crippen molar-refractivity contribution in [1.29, 1.82) is 0 Å². The molecule has 1 N–H and O–H groups in total. The Morgan fingerprint density at radius 2 is 2.00 bits per heavy atom. The molecule has 0 aliphatic heterocycles. The summed E-state index contributed by atoms with van der Waals surface area (Å²) >= 11 is 1.57. The second kappa shape index (κ2) is 4.08. The van der Waals surface area contributed by atoms with Gasteiger partial charge in [-0.2, -0.15) is 13.0 Å². The van der Waals surface area contributed by atoms with Gasteiger partial charge in [-0.15, -0.1) is 11.8 Å². The summed E-state index contributed by atoms with van der Waals surface area (Å²) in [5.74, 6) is -0.401. The van der Waals surface area contributed by atoms with Crippen molar-refractivity contribution < 1.29 is 17.5 Å². The topological polar surface area (TPSA) is 58.2 Å². The van der Waals surface area contributed by atoms with Crippen molar-refractivity contribution in [2.75, 3.05) is 6.26 Å². The van der Waals surface area contributed by atoms with E-state index in [9.17, 15) is 8.42 Å². The van der Waals surface area contributed by atoms with Crippen molar-refractivity contribution in [1.82, 2.24) is 0 Å². The Bertz CT molecular complexity index is 371. The number of nitrogens with zero attached hydrogens (tertiary/aromatic N) is 1. The van der Waals surface area contributed by atoms with E-state index in [2.05, 4.69) is 0 Å². The van der Waals surface area contributed by atoms with E-state index in [4.69, 9.17) is 4.55 Å². The van der Waals surface area contributed by atoms with Crippen LogP contribution in [0.1, 0.15) is 0 Å². The minimum Gasteiger partial charge on any atom is -0.281 e. The predicted octanol–water partition coefficient (Wildman–Crippen LogP) is 0.541. The Morgan fingerprint density at radius 1 is 1.46 bits per heavy atom. The van der Waals surface area contributed by atoms with Crippen LogP contribution in [0.25, 0.3) is 0 Å². The van der Waals surface area contributed by atoms with E-state index in [1.165, 1.54) is 4.57 Å². The summed E-state index contributed by atoms with van der Waals surface area (Å²) in [4.78, 5) is 1.05. The fourth-order valence-electron chi connectivity index (χ4n) is 0.854. The predicted molar refractivity (Wildman–Crippen MR) is 50.0 cm³/mol. The van der Waals surface area contributed by atoms with Crippen LogP contribution in [0, 0.1) is 0 Å². The zero-order valence-electron chi connectivity index (χ0n) is 7.04. The average molecular weight is 220 g/mol. The molecule has 1 aromatic rings. The van der Waals surface area contributed by atoms with Gasteiger partial charge in [0.2, 0.25) is 0 Å². The highest BCUT2D eigenvalue weighted by atomic mass is 32.2. The first-order valence-corrected chi connectivity index (χ1v) is 6.33. The second-order valence-electron chi connectivity index (χ2n) is 2.46. The van der Waals surface area contributed by atoms with E-state index < -0.39 is 16.0 Å². The van der Waals surface area contributed by atoms with Crippen LogP contribution in [0.5, 0.6) is 0 Å². The Labute approximate surface area is 81.3 Å². The van der Waals surface area contributed by atoms with Gasteiger partial charge in [-0.25, -0.2) is 0 Å². The molecule has 72 valence electrons. The minimum absolute atomic E-state index is 0.401. The smallest absolute Gasteiger partial charge is 0.281 e. The van der Waals surface area contributed by atoms with Crippen molar-refractivity contribution in [3.05, 3.63) is 24.5 Å². The lowest BCUT2D eigenvalue weighted by molar-refractivity contribution is -0.678. The molecular formula is C7H10NO3S2+. The van der Waals surface area contributed by atoms with Crippen LogP contribution in [-0.4, -0.2) is 19.2 Å². The molecule has 13 heavy (non-hydrogen) atoms. The molecular weight excluding hydrogens is 210 g/mol. The normalized spacial score (nSPS) is 11.5. The summed E-state index contributed by atoms with van der Waals surface area (Å²) in [5, 5.41) is 0. The first-order chi connectivity index (χ1) is 6.01. The van der Waals surface area contributed by atoms with Crippen LogP contribution >= 0.6 is 11.8 Å². The molecule has 0 saturated carbocycles. The van der Waals surface area contributed by atoms with Gasteiger partial charge in [0.1, 0.15) is 0 Å². The first-order valence-electron chi connectivity index (χ1n) is 3.49. The molecule has 0 bridgehead atoms. The summed E-state index contributed by atoms with van der Waals surface area (Å²) in [6.45, 7) is 0. The molecule has 4 nitrogen and oxygen atoms in total. The molecule has 0 aliphatic rings. The number of hydrogen-bond donors (Lipinski definition) is 1. The van der Waals surface area contributed by atoms with Gasteiger partial charge in [0, 0.05) is 17.0 Å². The molecule has 0 aromatic carbocycles. The van der Waals surface area contributed by atoms with Crippen molar-refractivity contribution in [2.24, 2.45) is 0 Å². The van der Waals surface area contributed by atoms with E-state index in [-0.39, 0.29) is 0 Å². The highest BCUT2D eigenvalue weighted by Crippen LogP contribution is 2.10. The molecule has 0 saturated heterocycles. The second-order valence-corrected chi connectivity index (χ2v) is 4.76. The molecule has 0 radical (unpaired) electrons. The molecule has 0 unspecified atom stereocenters. The number of aromatic nitrogens is 1. The lowest BCUT2D eigenvalue weighted by Crippen LogP contribution is -2.36. The Morgan fingerprint density at radius 3 is 2.38 bits per heavy atom. The molecule has 1 heterocycles. The highest BCUT2D eigenvalue weighted by Gasteiger charge is 2.11. The lowest BCUT2D eigenvalue weighted by Gasteiger charge is -1.95. The van der Waals surface area contributed by atoms with Crippen LogP contribution in [0.2, 0.25) is 0 Å². The molecule has 6 heteroatoms. The van der Waals surface area contributed by atoms with E-state index >= 15 is 0 Å². The van der Waals surface area contributed by atoms with E-state index in [1.54, 1.807) is 36.3 Å². The molecule has 1 rings (SSSR count). The van der Waals surface area contributed by atoms with Gasteiger partial charge in [0.05, 0.1) is 0 Å². The zero-order chi connectivity index (χ0) is 9.90. The maximum Gasteiger partial charge on any atom is 0.326 e. The number of rotatable bonds is 3. The number of hydrogen-bond acceptors (Lipinski definition) is 3. The van der Waals surface area contributed by atoms with Gasteiger partial charge < -0.3 is 0 Å². The molecule has 0 amide bonds. The van der Waals surface area contributed by atoms with Crippen LogP contribution in [0.3, 0.4) is 0 Å². The summed E-state index contributed by atoms with van der Waals surface area (Å²) in [7, 11) is -3.94. The third kappa shape index (κ3) is 3.75. The summed E-state index contributed by atoms with van der Waals surface area (Å²) in [6.07, 6.45) is 5.15. The van der Waals surface area contributed by atoms with Crippen molar-refractivity contribution >= 4 is 21.9 Å². The molecule has 0 atom stereocenters. The zero-order valence-corrected chi connectivity index (χ0v) is 8.68. The molecule has 0 spiro atoms. The molecule has 0 aliphatic carbocycles. The summed E-state index contributed by atoms with van der Waals surface area (Å²) < 4.78 is 30.9. The van der Waals surface area contributed by atoms with Crippen LogP contribution in [0.15, 0.2) is 29.4 Å². The number of pyridine rings is 1. The van der Waals surface area contributed by atoms with Crippen molar-refractivity contribution in [3.8, 4) is 0 Å². The van der Waals surface area contributed by atoms with Gasteiger partial charge in [0.25, 0.3) is 5.88 Å². The summed E-state index contributed by atoms with van der Waals surface area (Å²) in [5.41, 5.74) is 0. The van der Waals surface area contributed by atoms with E-state index in [0.717, 1.165) is 4.90 Å². The van der Waals surface area contributed by atoms with Crippen LogP contribution in [-0.2, 0) is 16.0 Å². The van der Waals surface area contributed by atoms with Crippen molar-refractivity contribution in [3.63, 3.8) is 0 Å². The standard InChI is InChI=1S/C7H9NO3S2/c1-12-7-2-4-8(5-3-7)6-13(9,10)11/h2-5H,6H2,1H3/p+1. The number of thioether (sulfide) groups is 1. The first kappa shape index (κ1) is 10.5. The van der Waals surface area contributed by atoms with Gasteiger partial charge in [-0.05, 0) is 6.26 Å². The quantitative estimate of drug-likeness (QED) is 0.459. The molecule has 1 aromatic heterocycles. The largest absolute Gasteiger partial charge is 0.326 e. The van der Waals surface area contributed by atoms with E-state index in [1.807, 2.05) is 6.26 Å². The van der Waals surface area contributed by atoms with Crippen molar-refractivity contribution in [2.45, 2.75) is 10.8 Å². The minimum atomic E-state index is -3.94. The third-order valence-corrected chi connectivity index (χ3v) is 2.78. The van der Waals surface area contributed by atoms with Gasteiger partial charge in [-0.3, -0.25) is 4.55 Å². The lowest BCUT2D eigenvalue weighted by atomic mass is 10.5. The fourth-order valence-corrected chi connectivity index (χ4v) is 1.80. The SMILES string of the molecule is CSc1cc[n+](CS(=O)(=O)O)cc1. The third-order valence-electron chi connectivity index (χ3n) is 1.41. The average Bonchev–Trinajstić information content (AvgIpc) is 2.03. The van der Waals surface area contributed by atoms with E-state index in [0.29, 0.717) is 0 Å². The summed E-state index contributed by atoms with van der Waals surface area (Å²) in [6, 6.07) is 3.58. The van der Waals surface area contributed by atoms with Crippen LogP contribution in [0.4, 0.5) is 0 Å². The maximum absolute atomic E-state index is 10.5. The van der Waals surface area contributed by atoms with Crippen LogP contribution < -0.4 is 4.57 Å². The molecule has 0 fully saturated rings. The van der Waals surface area contributed by atoms with Gasteiger partial charge in [0.15, 0.2) is 12.4 Å². The highest BCUT2D eigenvalue weighted by molar-refractivity contribution is 7.98. The maximum atomic E-state index is 10.5. The van der Waals surface area contributed by atoms with Gasteiger partial charge in [-0.1, -0.05) is 0 Å².